The van der Waals surface area contributed by atoms with E-state index in [1.54, 1.807) is 0 Å². The normalized spacial score (nSPS) is 20.0. The van der Waals surface area contributed by atoms with Gasteiger partial charge in [-0.15, -0.1) is 0 Å². The number of hydrogen-bond donors (Lipinski definition) is 1. The van der Waals surface area contributed by atoms with Gasteiger partial charge in [-0.05, 0) is 18.6 Å². The molecule has 0 saturated carbocycles. The molecule has 2 rings (SSSR count). The lowest BCUT2D eigenvalue weighted by molar-refractivity contribution is 0.167. The molecule has 0 amide bonds. The minimum Gasteiger partial charge on any atom is -0.493 e. The second-order valence-electron chi connectivity index (χ2n) is 3.96. The van der Waals surface area contributed by atoms with Crippen LogP contribution in [0.15, 0.2) is 18.2 Å². The summed E-state index contributed by atoms with van der Waals surface area (Å²) in [5.74, 6) is 1.28. The van der Waals surface area contributed by atoms with Gasteiger partial charge in [-0.25, -0.2) is 0 Å². The predicted molar refractivity (Wildman–Crippen MR) is 63.8 cm³/mol. The maximum absolute atomic E-state index is 6.04. The molecule has 88 valence electrons. The van der Waals surface area contributed by atoms with Crippen LogP contribution >= 0.6 is 11.6 Å². The van der Waals surface area contributed by atoms with Gasteiger partial charge in [0.1, 0.15) is 5.75 Å². The highest BCUT2D eigenvalue weighted by Crippen LogP contribution is 2.26. The van der Waals surface area contributed by atoms with E-state index in [2.05, 4.69) is 0 Å². The van der Waals surface area contributed by atoms with Crippen molar-refractivity contribution >= 4 is 11.6 Å². The second kappa shape index (κ2) is 5.53. The van der Waals surface area contributed by atoms with Crippen LogP contribution in [0.2, 0.25) is 5.02 Å². The number of ether oxygens (including phenoxy) is 2. The largest absolute Gasteiger partial charge is 0.493 e. The van der Waals surface area contributed by atoms with E-state index in [1.165, 1.54) is 0 Å². The van der Waals surface area contributed by atoms with E-state index in [-0.39, 0.29) is 0 Å². The lowest BCUT2D eigenvalue weighted by Gasteiger charge is -2.14. The molecule has 1 aliphatic rings. The standard InChI is InChI=1S/C12H16ClNO2/c13-11-2-1-3-12(10(11)6-14)16-8-9-4-5-15-7-9/h1-3,9H,4-8,14H2. The van der Waals surface area contributed by atoms with Crippen LogP contribution in [-0.2, 0) is 11.3 Å². The van der Waals surface area contributed by atoms with Gasteiger partial charge in [-0.1, -0.05) is 17.7 Å². The van der Waals surface area contributed by atoms with Crippen molar-refractivity contribution in [2.75, 3.05) is 19.8 Å². The fourth-order valence-corrected chi connectivity index (χ4v) is 2.04. The topological polar surface area (TPSA) is 44.5 Å². The number of rotatable bonds is 4. The molecule has 1 fully saturated rings. The molecule has 1 aromatic rings. The third kappa shape index (κ3) is 2.67. The SMILES string of the molecule is NCc1c(Cl)cccc1OCC1CCOC1. The third-order valence-corrected chi connectivity index (χ3v) is 3.13. The summed E-state index contributed by atoms with van der Waals surface area (Å²) in [7, 11) is 0. The molecule has 1 aliphatic heterocycles. The summed E-state index contributed by atoms with van der Waals surface area (Å²) in [6, 6.07) is 5.61. The second-order valence-corrected chi connectivity index (χ2v) is 4.37. The van der Waals surface area contributed by atoms with Crippen LogP contribution in [0.5, 0.6) is 5.75 Å². The molecule has 1 atom stereocenters. The molecule has 16 heavy (non-hydrogen) atoms. The molecule has 0 aliphatic carbocycles. The van der Waals surface area contributed by atoms with Crippen molar-refractivity contribution in [1.29, 1.82) is 0 Å². The van der Waals surface area contributed by atoms with Crippen LogP contribution in [0.3, 0.4) is 0 Å². The first-order valence-corrected chi connectivity index (χ1v) is 5.87. The van der Waals surface area contributed by atoms with Crippen molar-refractivity contribution in [2.24, 2.45) is 11.7 Å². The van der Waals surface area contributed by atoms with Crippen molar-refractivity contribution in [3.8, 4) is 5.75 Å². The molecule has 0 bridgehead atoms. The molecule has 0 aromatic heterocycles. The predicted octanol–water partition coefficient (Wildman–Crippen LogP) is 2.21. The summed E-state index contributed by atoms with van der Waals surface area (Å²) in [5.41, 5.74) is 6.52. The molecule has 1 heterocycles. The van der Waals surface area contributed by atoms with Crippen molar-refractivity contribution in [3.63, 3.8) is 0 Å². The minimum atomic E-state index is 0.399. The maximum Gasteiger partial charge on any atom is 0.125 e. The number of benzene rings is 1. The first kappa shape index (κ1) is 11.7. The first-order chi connectivity index (χ1) is 7.81. The lowest BCUT2D eigenvalue weighted by atomic mass is 10.1. The van der Waals surface area contributed by atoms with E-state index >= 15 is 0 Å². The fraction of sp³-hybridized carbons (Fsp3) is 0.500. The van der Waals surface area contributed by atoms with E-state index < -0.39 is 0 Å². The molecule has 0 radical (unpaired) electrons. The molecule has 0 spiro atoms. The lowest BCUT2D eigenvalue weighted by Crippen LogP contribution is -2.13. The Labute approximate surface area is 100 Å². The molecule has 2 N–H and O–H groups in total. The molecule has 3 nitrogen and oxygen atoms in total. The van der Waals surface area contributed by atoms with E-state index in [0.717, 1.165) is 30.9 Å². The van der Waals surface area contributed by atoms with E-state index in [4.69, 9.17) is 26.8 Å². The van der Waals surface area contributed by atoms with E-state index in [0.29, 0.717) is 24.1 Å². The van der Waals surface area contributed by atoms with Gasteiger partial charge in [0, 0.05) is 29.7 Å². The molecular formula is C12H16ClNO2. The molecule has 4 heteroatoms. The van der Waals surface area contributed by atoms with Gasteiger partial charge in [0.05, 0.1) is 13.2 Å². The zero-order valence-electron chi connectivity index (χ0n) is 9.12. The van der Waals surface area contributed by atoms with E-state index in [1.807, 2.05) is 18.2 Å². The summed E-state index contributed by atoms with van der Waals surface area (Å²) < 4.78 is 11.0. The van der Waals surface area contributed by atoms with Crippen molar-refractivity contribution in [2.45, 2.75) is 13.0 Å². The van der Waals surface area contributed by atoms with Crippen LogP contribution < -0.4 is 10.5 Å². The van der Waals surface area contributed by atoms with Crippen molar-refractivity contribution < 1.29 is 9.47 Å². The molecule has 1 aromatic carbocycles. The fourth-order valence-electron chi connectivity index (χ4n) is 1.79. The average Bonchev–Trinajstić information content (AvgIpc) is 2.79. The van der Waals surface area contributed by atoms with Gasteiger partial charge >= 0.3 is 0 Å². The highest BCUT2D eigenvalue weighted by Gasteiger charge is 2.17. The summed E-state index contributed by atoms with van der Waals surface area (Å²) >= 11 is 6.04. The van der Waals surface area contributed by atoms with Crippen LogP contribution in [-0.4, -0.2) is 19.8 Å². The zero-order valence-corrected chi connectivity index (χ0v) is 9.87. The van der Waals surface area contributed by atoms with Gasteiger partial charge in [0.2, 0.25) is 0 Å². The van der Waals surface area contributed by atoms with Crippen LogP contribution in [0, 0.1) is 5.92 Å². The Morgan fingerprint density at radius 2 is 2.38 bits per heavy atom. The third-order valence-electron chi connectivity index (χ3n) is 2.78. The van der Waals surface area contributed by atoms with Gasteiger partial charge in [-0.2, -0.15) is 0 Å². The quantitative estimate of drug-likeness (QED) is 0.879. The number of halogens is 1. The first-order valence-electron chi connectivity index (χ1n) is 5.49. The summed E-state index contributed by atoms with van der Waals surface area (Å²) in [5, 5.41) is 0.669. The Kier molecular flexibility index (Phi) is 4.04. The van der Waals surface area contributed by atoms with Gasteiger partial charge < -0.3 is 15.2 Å². The summed E-state index contributed by atoms with van der Waals surface area (Å²) in [6.07, 6.45) is 1.07. The molecule has 1 saturated heterocycles. The highest BCUT2D eigenvalue weighted by atomic mass is 35.5. The highest BCUT2D eigenvalue weighted by molar-refractivity contribution is 6.31. The smallest absolute Gasteiger partial charge is 0.125 e. The number of hydrogen-bond acceptors (Lipinski definition) is 3. The Morgan fingerprint density at radius 1 is 1.50 bits per heavy atom. The van der Waals surface area contributed by atoms with Crippen molar-refractivity contribution in [3.05, 3.63) is 28.8 Å². The van der Waals surface area contributed by atoms with Gasteiger partial charge in [-0.3, -0.25) is 0 Å². The van der Waals surface area contributed by atoms with Gasteiger partial charge in [0.25, 0.3) is 0 Å². The average molecular weight is 242 g/mol. The molecular weight excluding hydrogens is 226 g/mol. The van der Waals surface area contributed by atoms with E-state index in [9.17, 15) is 0 Å². The van der Waals surface area contributed by atoms with Crippen LogP contribution in [0.1, 0.15) is 12.0 Å². The van der Waals surface area contributed by atoms with Crippen LogP contribution in [0.4, 0.5) is 0 Å². The Hall–Kier alpha value is -0.770. The molecule has 1 unspecified atom stereocenters. The monoisotopic (exact) mass is 241 g/mol. The zero-order chi connectivity index (χ0) is 11.4. The van der Waals surface area contributed by atoms with Crippen molar-refractivity contribution in [1.82, 2.24) is 0 Å². The Morgan fingerprint density at radius 3 is 3.06 bits per heavy atom. The Bertz CT molecular complexity index is 351. The maximum atomic E-state index is 6.04. The van der Waals surface area contributed by atoms with Crippen LogP contribution in [0.25, 0.3) is 0 Å². The van der Waals surface area contributed by atoms with Gasteiger partial charge in [0.15, 0.2) is 0 Å². The minimum absolute atomic E-state index is 0.399. The summed E-state index contributed by atoms with van der Waals surface area (Å²) in [4.78, 5) is 0. The Balaban J connectivity index is 2.00. The number of nitrogens with two attached hydrogens (primary N) is 1. The summed E-state index contributed by atoms with van der Waals surface area (Å²) in [6.45, 7) is 2.70.